The van der Waals surface area contributed by atoms with Gasteiger partial charge in [0.1, 0.15) is 11.6 Å². The fourth-order valence-corrected chi connectivity index (χ4v) is 2.69. The molecule has 0 aliphatic heterocycles. The van der Waals surface area contributed by atoms with Crippen molar-refractivity contribution < 1.29 is 8.78 Å². The zero-order valence-corrected chi connectivity index (χ0v) is 13.0. The molecule has 0 spiro atoms. The maximum absolute atomic E-state index is 13.1. The standard InChI is InChI=1S/C20H22F2/c1-15(2)5-3-4-6-20(16-7-11-18(21)12-8-16)17-9-13-19(22)14-10-17/h7-14,20H,1,3-6H2,2H3. The molecule has 0 N–H and O–H groups in total. The third kappa shape index (κ3) is 4.80. The lowest BCUT2D eigenvalue weighted by atomic mass is 9.86. The van der Waals surface area contributed by atoms with Crippen LogP contribution in [0.3, 0.4) is 0 Å². The van der Waals surface area contributed by atoms with Crippen molar-refractivity contribution >= 4 is 0 Å². The minimum atomic E-state index is -0.233. The molecule has 0 aromatic heterocycles. The fourth-order valence-electron chi connectivity index (χ4n) is 2.69. The van der Waals surface area contributed by atoms with Gasteiger partial charge in [0.05, 0.1) is 0 Å². The minimum absolute atomic E-state index is 0.173. The summed E-state index contributed by atoms with van der Waals surface area (Å²) in [5.74, 6) is -0.293. The number of rotatable bonds is 7. The predicted octanol–water partition coefficient (Wildman–Crippen LogP) is 6.23. The minimum Gasteiger partial charge on any atom is -0.207 e. The van der Waals surface area contributed by atoms with Gasteiger partial charge in [-0.05, 0) is 61.6 Å². The van der Waals surface area contributed by atoms with Crippen LogP contribution in [0.15, 0.2) is 60.7 Å². The van der Waals surface area contributed by atoms with Crippen molar-refractivity contribution in [2.75, 3.05) is 0 Å². The summed E-state index contributed by atoms with van der Waals surface area (Å²) < 4.78 is 26.3. The van der Waals surface area contributed by atoms with Crippen LogP contribution in [0.5, 0.6) is 0 Å². The largest absolute Gasteiger partial charge is 0.207 e. The molecule has 116 valence electrons. The summed E-state index contributed by atoms with van der Waals surface area (Å²) in [5, 5.41) is 0. The van der Waals surface area contributed by atoms with Gasteiger partial charge < -0.3 is 0 Å². The van der Waals surface area contributed by atoms with Crippen LogP contribution >= 0.6 is 0 Å². The Morgan fingerprint density at radius 2 is 1.32 bits per heavy atom. The SMILES string of the molecule is C=C(C)CCCCC(c1ccc(F)cc1)c1ccc(F)cc1. The van der Waals surface area contributed by atoms with Gasteiger partial charge in [-0.25, -0.2) is 8.78 Å². The van der Waals surface area contributed by atoms with E-state index in [0.717, 1.165) is 36.8 Å². The van der Waals surface area contributed by atoms with Crippen LogP contribution in [0.25, 0.3) is 0 Å². The maximum atomic E-state index is 13.1. The second-order valence-corrected chi connectivity index (χ2v) is 5.86. The first kappa shape index (κ1) is 16.4. The van der Waals surface area contributed by atoms with Crippen molar-refractivity contribution in [3.05, 3.63) is 83.4 Å². The van der Waals surface area contributed by atoms with E-state index < -0.39 is 0 Å². The molecule has 0 atom stereocenters. The van der Waals surface area contributed by atoms with Crippen LogP contribution in [0, 0.1) is 11.6 Å². The van der Waals surface area contributed by atoms with Gasteiger partial charge in [-0.2, -0.15) is 0 Å². The van der Waals surface area contributed by atoms with Gasteiger partial charge >= 0.3 is 0 Å². The van der Waals surface area contributed by atoms with Gasteiger partial charge in [0, 0.05) is 5.92 Å². The van der Waals surface area contributed by atoms with Gasteiger partial charge in [0.15, 0.2) is 0 Å². The van der Waals surface area contributed by atoms with Crippen molar-refractivity contribution in [1.29, 1.82) is 0 Å². The number of allylic oxidation sites excluding steroid dienone is 1. The van der Waals surface area contributed by atoms with Crippen molar-refractivity contribution in [1.82, 2.24) is 0 Å². The molecule has 2 heteroatoms. The lowest BCUT2D eigenvalue weighted by Gasteiger charge is -2.18. The first-order valence-electron chi connectivity index (χ1n) is 7.71. The number of hydrogen-bond donors (Lipinski definition) is 0. The summed E-state index contributed by atoms with van der Waals surface area (Å²) in [6, 6.07) is 13.2. The van der Waals surface area contributed by atoms with Crippen LogP contribution in [0.2, 0.25) is 0 Å². The molecule has 0 saturated heterocycles. The van der Waals surface area contributed by atoms with Gasteiger partial charge in [-0.1, -0.05) is 36.3 Å². The molecule has 2 rings (SSSR count). The van der Waals surface area contributed by atoms with E-state index >= 15 is 0 Å². The van der Waals surface area contributed by atoms with Crippen molar-refractivity contribution in [3.8, 4) is 0 Å². The normalized spacial score (nSPS) is 10.9. The smallest absolute Gasteiger partial charge is 0.123 e. The lowest BCUT2D eigenvalue weighted by Crippen LogP contribution is -2.02. The molecule has 0 nitrogen and oxygen atoms in total. The number of benzene rings is 2. The molecule has 0 aliphatic rings. The Hall–Kier alpha value is -1.96. The zero-order valence-electron chi connectivity index (χ0n) is 13.0. The van der Waals surface area contributed by atoms with E-state index in [0.29, 0.717) is 0 Å². The lowest BCUT2D eigenvalue weighted by molar-refractivity contribution is 0.608. The Kier molecular flexibility index (Phi) is 5.88. The molecule has 0 aliphatic carbocycles. The Bertz CT molecular complexity index is 551. The Balaban J connectivity index is 2.14. The molecule has 2 aromatic rings. The summed E-state index contributed by atoms with van der Waals surface area (Å²) >= 11 is 0. The highest BCUT2D eigenvalue weighted by Gasteiger charge is 2.14. The molecule has 0 radical (unpaired) electrons. The molecular formula is C20H22F2. The van der Waals surface area contributed by atoms with Crippen LogP contribution in [0.1, 0.15) is 49.7 Å². The molecule has 0 heterocycles. The summed E-state index contributed by atoms with van der Waals surface area (Å²) in [6.07, 6.45) is 4.14. The van der Waals surface area contributed by atoms with E-state index in [9.17, 15) is 8.78 Å². The van der Waals surface area contributed by atoms with Gasteiger partial charge in [0.25, 0.3) is 0 Å². The average molecular weight is 300 g/mol. The van der Waals surface area contributed by atoms with Crippen LogP contribution in [-0.2, 0) is 0 Å². The first-order chi connectivity index (χ1) is 10.6. The Morgan fingerprint density at radius 1 is 0.864 bits per heavy atom. The van der Waals surface area contributed by atoms with Crippen molar-refractivity contribution in [2.24, 2.45) is 0 Å². The Labute approximate surface area is 131 Å². The molecule has 0 fully saturated rings. The van der Waals surface area contributed by atoms with Crippen LogP contribution in [-0.4, -0.2) is 0 Å². The van der Waals surface area contributed by atoms with E-state index in [1.54, 1.807) is 0 Å². The summed E-state index contributed by atoms with van der Waals surface area (Å²) in [5.41, 5.74) is 3.34. The van der Waals surface area contributed by atoms with E-state index in [2.05, 4.69) is 6.58 Å². The Morgan fingerprint density at radius 3 is 1.73 bits per heavy atom. The van der Waals surface area contributed by atoms with Crippen molar-refractivity contribution in [3.63, 3.8) is 0 Å². The number of unbranched alkanes of at least 4 members (excludes halogenated alkanes) is 1. The fraction of sp³-hybridized carbons (Fsp3) is 0.300. The maximum Gasteiger partial charge on any atom is 0.123 e. The van der Waals surface area contributed by atoms with E-state index in [-0.39, 0.29) is 17.6 Å². The van der Waals surface area contributed by atoms with Gasteiger partial charge in [-0.15, -0.1) is 6.58 Å². The second kappa shape index (κ2) is 7.88. The van der Waals surface area contributed by atoms with E-state index in [4.69, 9.17) is 0 Å². The van der Waals surface area contributed by atoms with Crippen LogP contribution < -0.4 is 0 Å². The molecule has 0 saturated carbocycles. The summed E-state index contributed by atoms with van der Waals surface area (Å²) in [6.45, 7) is 5.96. The van der Waals surface area contributed by atoms with E-state index in [1.165, 1.54) is 29.8 Å². The molecule has 0 unspecified atom stereocenters. The van der Waals surface area contributed by atoms with Gasteiger partial charge in [-0.3, -0.25) is 0 Å². The topological polar surface area (TPSA) is 0 Å². The molecular weight excluding hydrogens is 278 g/mol. The quantitative estimate of drug-likeness (QED) is 0.420. The third-order valence-electron chi connectivity index (χ3n) is 3.89. The highest BCUT2D eigenvalue weighted by molar-refractivity contribution is 5.32. The summed E-state index contributed by atoms with van der Waals surface area (Å²) in [4.78, 5) is 0. The monoisotopic (exact) mass is 300 g/mol. The number of halogens is 2. The highest BCUT2D eigenvalue weighted by atomic mass is 19.1. The molecule has 0 bridgehead atoms. The molecule has 0 amide bonds. The van der Waals surface area contributed by atoms with Crippen molar-refractivity contribution in [2.45, 2.75) is 38.5 Å². The highest BCUT2D eigenvalue weighted by Crippen LogP contribution is 2.30. The second-order valence-electron chi connectivity index (χ2n) is 5.86. The molecule has 2 aromatic carbocycles. The third-order valence-corrected chi connectivity index (χ3v) is 3.89. The summed E-state index contributed by atoms with van der Waals surface area (Å²) in [7, 11) is 0. The van der Waals surface area contributed by atoms with E-state index in [1.807, 2.05) is 31.2 Å². The first-order valence-corrected chi connectivity index (χ1v) is 7.71. The average Bonchev–Trinajstić information content (AvgIpc) is 2.50. The number of hydrogen-bond acceptors (Lipinski definition) is 0. The predicted molar refractivity (Wildman–Crippen MR) is 87.9 cm³/mol. The van der Waals surface area contributed by atoms with Gasteiger partial charge in [0.2, 0.25) is 0 Å². The zero-order chi connectivity index (χ0) is 15.9. The van der Waals surface area contributed by atoms with Crippen LogP contribution in [0.4, 0.5) is 8.78 Å². The molecule has 22 heavy (non-hydrogen) atoms.